The number of benzene rings is 2. The smallest absolute Gasteiger partial charge is 0.260 e. The van der Waals surface area contributed by atoms with Gasteiger partial charge in [-0.1, -0.05) is 47.5 Å². The molecule has 3 rings (SSSR count). The largest absolute Gasteiger partial charge is 0.315 e. The third-order valence-corrected chi connectivity index (χ3v) is 4.65. The summed E-state index contributed by atoms with van der Waals surface area (Å²) in [7, 11) is 0. The molecule has 1 saturated heterocycles. The van der Waals surface area contributed by atoms with Gasteiger partial charge in [-0.05, 0) is 37.2 Å². The summed E-state index contributed by atoms with van der Waals surface area (Å²) in [6.45, 7) is 1.68. The van der Waals surface area contributed by atoms with Crippen molar-refractivity contribution in [1.29, 1.82) is 0 Å². The van der Waals surface area contributed by atoms with Gasteiger partial charge in [-0.3, -0.25) is 4.79 Å². The Hall–Kier alpha value is -1.55. The van der Waals surface area contributed by atoms with Gasteiger partial charge < -0.3 is 10.2 Å². The Balaban J connectivity index is 2.02. The van der Waals surface area contributed by atoms with Crippen molar-refractivity contribution in [3.05, 3.63) is 64.1 Å². The van der Waals surface area contributed by atoms with Gasteiger partial charge in [-0.2, -0.15) is 0 Å². The number of amides is 1. The molecule has 1 amide bonds. The molecule has 1 heterocycles. The number of anilines is 1. The fraction of sp³-hybridized carbons (Fsp3) is 0.235. The van der Waals surface area contributed by atoms with Gasteiger partial charge in [0.05, 0.1) is 21.7 Å². The van der Waals surface area contributed by atoms with Crippen LogP contribution in [-0.4, -0.2) is 25.0 Å². The Morgan fingerprint density at radius 1 is 1.09 bits per heavy atom. The minimum atomic E-state index is -0.118. The zero-order valence-electron chi connectivity index (χ0n) is 11.9. The Bertz CT molecular complexity index is 670. The molecule has 22 heavy (non-hydrogen) atoms. The third kappa shape index (κ3) is 2.98. The number of nitrogens with zero attached hydrogens (tertiary/aromatic N) is 1. The molecule has 1 fully saturated rings. The van der Waals surface area contributed by atoms with Crippen LogP contribution < -0.4 is 10.2 Å². The van der Waals surface area contributed by atoms with Gasteiger partial charge >= 0.3 is 0 Å². The Morgan fingerprint density at radius 3 is 2.55 bits per heavy atom. The molecule has 1 atom stereocenters. The van der Waals surface area contributed by atoms with E-state index in [-0.39, 0.29) is 11.9 Å². The predicted octanol–water partition coefficient (Wildman–Crippen LogP) is 4.00. The van der Waals surface area contributed by atoms with Crippen molar-refractivity contribution in [1.82, 2.24) is 5.32 Å². The number of halogens is 2. The summed E-state index contributed by atoms with van der Waals surface area (Å²) in [5, 5.41) is 4.00. The van der Waals surface area contributed by atoms with Gasteiger partial charge in [-0.25, -0.2) is 0 Å². The van der Waals surface area contributed by atoms with Gasteiger partial charge in [0.2, 0.25) is 0 Å². The van der Waals surface area contributed by atoms with E-state index in [4.69, 9.17) is 23.2 Å². The van der Waals surface area contributed by atoms with Crippen molar-refractivity contribution in [2.45, 2.75) is 12.5 Å². The molecule has 0 bridgehead atoms. The average Bonchev–Trinajstić information content (AvgIpc) is 3.05. The van der Waals surface area contributed by atoms with Crippen molar-refractivity contribution in [2.24, 2.45) is 0 Å². The highest BCUT2D eigenvalue weighted by Gasteiger charge is 2.29. The lowest BCUT2D eigenvalue weighted by Gasteiger charge is -2.29. The molecule has 2 aromatic carbocycles. The molecule has 5 heteroatoms. The second-order valence-corrected chi connectivity index (χ2v) is 6.04. The van der Waals surface area contributed by atoms with Gasteiger partial charge in [0.15, 0.2) is 0 Å². The lowest BCUT2D eigenvalue weighted by atomic mass is 10.1. The standard InChI is InChI=1S/C17H16Cl2N2O/c18-15-8-4-7-14(16(15)19)17(22)21(13-9-10-20-11-13)12-5-2-1-3-6-12/h1-8,13,20H,9-11H2. The number of hydrogen-bond acceptors (Lipinski definition) is 2. The Labute approximate surface area is 139 Å². The van der Waals surface area contributed by atoms with E-state index >= 15 is 0 Å². The molecule has 2 aromatic rings. The normalized spacial score (nSPS) is 17.5. The predicted molar refractivity (Wildman–Crippen MR) is 91.0 cm³/mol. The van der Waals surface area contributed by atoms with Crippen molar-refractivity contribution in [3.8, 4) is 0 Å². The van der Waals surface area contributed by atoms with Gasteiger partial charge in [0.1, 0.15) is 0 Å². The number of rotatable bonds is 3. The topological polar surface area (TPSA) is 32.3 Å². The van der Waals surface area contributed by atoms with Crippen LogP contribution in [0.1, 0.15) is 16.8 Å². The molecule has 0 radical (unpaired) electrons. The zero-order chi connectivity index (χ0) is 15.5. The Kier molecular flexibility index (Phi) is 4.67. The first-order valence-electron chi connectivity index (χ1n) is 7.22. The number of carbonyl (C=O) groups is 1. The SMILES string of the molecule is O=C(c1cccc(Cl)c1Cl)N(c1ccccc1)C1CCNC1. The first-order chi connectivity index (χ1) is 10.7. The highest BCUT2D eigenvalue weighted by Crippen LogP contribution is 2.29. The van der Waals surface area contributed by atoms with Gasteiger partial charge in [-0.15, -0.1) is 0 Å². The first kappa shape index (κ1) is 15.3. The summed E-state index contributed by atoms with van der Waals surface area (Å²) in [5.74, 6) is -0.118. The van der Waals surface area contributed by atoms with Crippen LogP contribution in [-0.2, 0) is 0 Å². The van der Waals surface area contributed by atoms with E-state index in [1.807, 2.05) is 35.2 Å². The molecule has 114 valence electrons. The number of para-hydroxylation sites is 1. The van der Waals surface area contributed by atoms with Crippen molar-refractivity contribution in [2.75, 3.05) is 18.0 Å². The van der Waals surface area contributed by atoms with E-state index in [2.05, 4.69) is 5.32 Å². The van der Waals surface area contributed by atoms with E-state index in [0.29, 0.717) is 15.6 Å². The quantitative estimate of drug-likeness (QED) is 0.919. The van der Waals surface area contributed by atoms with Crippen LogP contribution in [0.2, 0.25) is 10.0 Å². The van der Waals surface area contributed by atoms with E-state index in [1.54, 1.807) is 18.2 Å². The first-order valence-corrected chi connectivity index (χ1v) is 7.97. The van der Waals surface area contributed by atoms with E-state index in [9.17, 15) is 4.79 Å². The minimum absolute atomic E-state index is 0.116. The van der Waals surface area contributed by atoms with Crippen LogP contribution in [0.3, 0.4) is 0 Å². The summed E-state index contributed by atoms with van der Waals surface area (Å²) < 4.78 is 0. The van der Waals surface area contributed by atoms with Crippen molar-refractivity contribution < 1.29 is 4.79 Å². The lowest BCUT2D eigenvalue weighted by molar-refractivity contribution is 0.0978. The summed E-state index contributed by atoms with van der Waals surface area (Å²) in [5.41, 5.74) is 1.31. The Morgan fingerprint density at radius 2 is 1.86 bits per heavy atom. The van der Waals surface area contributed by atoms with Crippen LogP contribution in [0, 0.1) is 0 Å². The van der Waals surface area contributed by atoms with E-state index in [0.717, 1.165) is 25.2 Å². The molecule has 0 aromatic heterocycles. The highest BCUT2D eigenvalue weighted by atomic mass is 35.5. The van der Waals surface area contributed by atoms with Crippen LogP contribution >= 0.6 is 23.2 Å². The molecule has 0 saturated carbocycles. The molecular weight excluding hydrogens is 319 g/mol. The summed E-state index contributed by atoms with van der Waals surface area (Å²) in [6, 6.07) is 14.9. The fourth-order valence-corrected chi connectivity index (χ4v) is 3.12. The van der Waals surface area contributed by atoms with E-state index in [1.165, 1.54) is 0 Å². The molecule has 3 nitrogen and oxygen atoms in total. The van der Waals surface area contributed by atoms with Crippen LogP contribution in [0.15, 0.2) is 48.5 Å². The fourth-order valence-electron chi connectivity index (χ4n) is 2.74. The average molecular weight is 335 g/mol. The second-order valence-electron chi connectivity index (χ2n) is 5.26. The molecule has 1 unspecified atom stereocenters. The number of nitrogens with one attached hydrogen (secondary N) is 1. The molecular formula is C17H16Cl2N2O. The minimum Gasteiger partial charge on any atom is -0.315 e. The number of hydrogen-bond donors (Lipinski definition) is 1. The van der Waals surface area contributed by atoms with Crippen molar-refractivity contribution in [3.63, 3.8) is 0 Å². The maximum absolute atomic E-state index is 13.1. The van der Waals surface area contributed by atoms with Crippen LogP contribution in [0.4, 0.5) is 5.69 Å². The van der Waals surface area contributed by atoms with Crippen LogP contribution in [0.5, 0.6) is 0 Å². The highest BCUT2D eigenvalue weighted by molar-refractivity contribution is 6.44. The maximum atomic E-state index is 13.1. The molecule has 1 N–H and O–H groups in total. The maximum Gasteiger partial charge on any atom is 0.260 e. The summed E-state index contributed by atoms with van der Waals surface area (Å²) in [4.78, 5) is 14.9. The molecule has 0 spiro atoms. The molecule has 1 aliphatic heterocycles. The third-order valence-electron chi connectivity index (χ3n) is 3.83. The summed E-state index contributed by atoms with van der Waals surface area (Å²) in [6.07, 6.45) is 0.915. The van der Waals surface area contributed by atoms with Gasteiger partial charge in [0, 0.05) is 12.2 Å². The van der Waals surface area contributed by atoms with Gasteiger partial charge in [0.25, 0.3) is 5.91 Å². The van der Waals surface area contributed by atoms with E-state index < -0.39 is 0 Å². The number of carbonyl (C=O) groups excluding carboxylic acids is 1. The lowest BCUT2D eigenvalue weighted by Crippen LogP contribution is -2.42. The second kappa shape index (κ2) is 6.69. The summed E-state index contributed by atoms with van der Waals surface area (Å²) >= 11 is 12.3. The molecule has 0 aliphatic carbocycles. The molecule has 1 aliphatic rings. The van der Waals surface area contributed by atoms with Crippen molar-refractivity contribution >= 4 is 34.8 Å². The van der Waals surface area contributed by atoms with Crippen LogP contribution in [0.25, 0.3) is 0 Å². The zero-order valence-corrected chi connectivity index (χ0v) is 13.4. The monoisotopic (exact) mass is 334 g/mol.